The van der Waals surface area contributed by atoms with Crippen molar-refractivity contribution in [3.63, 3.8) is 0 Å². The third kappa shape index (κ3) is 4.99. The zero-order valence-electron chi connectivity index (χ0n) is 13.7. The minimum absolute atomic E-state index is 0.0425. The molecule has 0 bridgehead atoms. The molecule has 0 aliphatic rings. The highest BCUT2D eigenvalue weighted by atomic mass is 127. The molecule has 10 heteroatoms. The van der Waals surface area contributed by atoms with E-state index in [4.69, 9.17) is 0 Å². The number of hydrogen-bond acceptors (Lipinski definition) is 5. The first-order chi connectivity index (χ1) is 12.2. The van der Waals surface area contributed by atoms with Gasteiger partial charge in [0.25, 0.3) is 11.6 Å². The van der Waals surface area contributed by atoms with Crippen molar-refractivity contribution < 1.29 is 18.1 Å². The Bertz CT molecular complexity index is 947. The molecule has 2 aromatic rings. The zero-order valence-corrected chi connectivity index (χ0v) is 16.7. The van der Waals surface area contributed by atoms with E-state index in [1.807, 2.05) is 13.0 Å². The lowest BCUT2D eigenvalue weighted by Gasteiger charge is -2.10. The molecule has 0 saturated heterocycles. The number of nitrogens with zero attached hydrogens (tertiary/aromatic N) is 1. The van der Waals surface area contributed by atoms with Gasteiger partial charge in [0, 0.05) is 28.8 Å². The lowest BCUT2D eigenvalue weighted by Crippen LogP contribution is -2.35. The van der Waals surface area contributed by atoms with E-state index in [0.717, 1.165) is 15.2 Å². The summed E-state index contributed by atoms with van der Waals surface area (Å²) in [5.74, 6) is -0.298. The molecule has 0 aliphatic heterocycles. The van der Waals surface area contributed by atoms with E-state index in [1.54, 1.807) is 12.1 Å². The summed E-state index contributed by atoms with van der Waals surface area (Å²) >= 11 is 2.08. The van der Waals surface area contributed by atoms with Gasteiger partial charge in [0.1, 0.15) is 0 Å². The molecule has 0 saturated carbocycles. The van der Waals surface area contributed by atoms with Crippen molar-refractivity contribution in [3.8, 4) is 0 Å². The Labute approximate surface area is 164 Å². The molecular weight excluding hydrogens is 473 g/mol. The van der Waals surface area contributed by atoms with Crippen molar-refractivity contribution in [1.29, 1.82) is 0 Å². The number of benzene rings is 2. The first-order valence-corrected chi connectivity index (χ1v) is 10.1. The molecule has 0 unspecified atom stereocenters. The van der Waals surface area contributed by atoms with Gasteiger partial charge >= 0.3 is 0 Å². The standard InChI is InChI=1S/C16H16IN3O5S/c1-11-4-2-7-14(15(11)17)16(21)18-8-9-19-26(24,25)13-6-3-5-12(10-13)20(22)23/h2-7,10,19H,8-9H2,1H3,(H,18,21). The highest BCUT2D eigenvalue weighted by Gasteiger charge is 2.17. The molecule has 0 spiro atoms. The average Bonchev–Trinajstić information content (AvgIpc) is 2.61. The van der Waals surface area contributed by atoms with E-state index in [-0.39, 0.29) is 29.6 Å². The van der Waals surface area contributed by atoms with Crippen LogP contribution in [-0.4, -0.2) is 32.3 Å². The number of carbonyl (C=O) groups excluding carboxylic acids is 1. The van der Waals surface area contributed by atoms with E-state index in [1.165, 1.54) is 18.2 Å². The number of nitrogens with one attached hydrogen (secondary N) is 2. The van der Waals surface area contributed by atoms with Gasteiger partial charge in [0.15, 0.2) is 0 Å². The number of sulfonamides is 1. The van der Waals surface area contributed by atoms with Gasteiger partial charge in [-0.25, -0.2) is 13.1 Å². The molecule has 0 aromatic heterocycles. The van der Waals surface area contributed by atoms with Crippen molar-refractivity contribution in [2.75, 3.05) is 13.1 Å². The van der Waals surface area contributed by atoms with E-state index in [9.17, 15) is 23.3 Å². The quantitative estimate of drug-likeness (QED) is 0.268. The van der Waals surface area contributed by atoms with Crippen LogP contribution in [0.5, 0.6) is 0 Å². The lowest BCUT2D eigenvalue weighted by molar-refractivity contribution is -0.385. The van der Waals surface area contributed by atoms with E-state index >= 15 is 0 Å². The Kier molecular flexibility index (Phi) is 6.67. The van der Waals surface area contributed by atoms with Crippen molar-refractivity contribution in [2.45, 2.75) is 11.8 Å². The molecule has 0 radical (unpaired) electrons. The summed E-state index contributed by atoms with van der Waals surface area (Å²) < 4.78 is 27.5. The predicted octanol–water partition coefficient (Wildman–Crippen LogP) is 2.22. The monoisotopic (exact) mass is 489 g/mol. The third-order valence-corrected chi connectivity index (χ3v) is 6.37. The van der Waals surface area contributed by atoms with Crippen LogP contribution in [0.15, 0.2) is 47.4 Å². The molecular formula is C16H16IN3O5S. The van der Waals surface area contributed by atoms with Gasteiger partial charge in [-0.2, -0.15) is 0 Å². The van der Waals surface area contributed by atoms with Crippen LogP contribution in [0, 0.1) is 20.6 Å². The van der Waals surface area contributed by atoms with Gasteiger partial charge < -0.3 is 5.32 Å². The molecule has 2 rings (SSSR count). The Morgan fingerprint density at radius 3 is 2.58 bits per heavy atom. The molecule has 2 N–H and O–H groups in total. The van der Waals surface area contributed by atoms with Crippen LogP contribution in [0.3, 0.4) is 0 Å². The molecule has 8 nitrogen and oxygen atoms in total. The summed E-state index contributed by atoms with van der Waals surface area (Å²) in [6, 6.07) is 10.1. The smallest absolute Gasteiger partial charge is 0.270 e. The second-order valence-corrected chi connectivity index (χ2v) is 8.19. The molecule has 138 valence electrons. The Morgan fingerprint density at radius 1 is 1.19 bits per heavy atom. The van der Waals surface area contributed by atoms with Gasteiger partial charge in [0.05, 0.1) is 15.4 Å². The number of rotatable bonds is 7. The molecule has 1 amide bonds. The highest BCUT2D eigenvalue weighted by molar-refractivity contribution is 14.1. The molecule has 2 aromatic carbocycles. The van der Waals surface area contributed by atoms with Gasteiger partial charge in [-0.15, -0.1) is 0 Å². The fourth-order valence-electron chi connectivity index (χ4n) is 2.13. The molecule has 26 heavy (non-hydrogen) atoms. The Morgan fingerprint density at radius 2 is 1.88 bits per heavy atom. The number of nitro benzene ring substituents is 1. The van der Waals surface area contributed by atoms with Crippen molar-refractivity contribution in [1.82, 2.24) is 10.0 Å². The van der Waals surface area contributed by atoms with E-state index in [2.05, 4.69) is 32.6 Å². The highest BCUT2D eigenvalue weighted by Crippen LogP contribution is 2.17. The summed E-state index contributed by atoms with van der Waals surface area (Å²) in [4.78, 5) is 22.0. The first kappa shape index (κ1) is 20.3. The number of halogens is 1. The van der Waals surface area contributed by atoms with Crippen molar-refractivity contribution in [3.05, 3.63) is 67.3 Å². The second-order valence-electron chi connectivity index (χ2n) is 5.34. The average molecular weight is 489 g/mol. The van der Waals surface area contributed by atoms with Crippen LogP contribution in [0.25, 0.3) is 0 Å². The van der Waals surface area contributed by atoms with Crippen LogP contribution >= 0.6 is 22.6 Å². The number of nitro groups is 1. The van der Waals surface area contributed by atoms with E-state index in [0.29, 0.717) is 5.56 Å². The summed E-state index contributed by atoms with van der Waals surface area (Å²) in [6.07, 6.45) is 0. The molecule has 0 atom stereocenters. The number of non-ortho nitro benzene ring substituents is 1. The van der Waals surface area contributed by atoms with Gasteiger partial charge in [0.2, 0.25) is 10.0 Å². The summed E-state index contributed by atoms with van der Waals surface area (Å²) in [5, 5.41) is 13.4. The minimum Gasteiger partial charge on any atom is -0.351 e. The second kappa shape index (κ2) is 8.56. The maximum atomic E-state index is 12.2. The molecule has 0 fully saturated rings. The van der Waals surface area contributed by atoms with E-state index < -0.39 is 14.9 Å². The van der Waals surface area contributed by atoms with Crippen LogP contribution in [0.4, 0.5) is 5.69 Å². The van der Waals surface area contributed by atoms with Crippen LogP contribution in [-0.2, 0) is 10.0 Å². The number of aryl methyl sites for hydroxylation is 1. The predicted molar refractivity (Wildman–Crippen MR) is 105 cm³/mol. The topological polar surface area (TPSA) is 118 Å². The summed E-state index contributed by atoms with van der Waals surface area (Å²) in [6.45, 7) is 1.93. The maximum absolute atomic E-state index is 12.2. The Hall–Kier alpha value is -2.05. The number of carbonyl (C=O) groups is 1. The van der Waals surface area contributed by atoms with Crippen molar-refractivity contribution >= 4 is 44.2 Å². The fraction of sp³-hybridized carbons (Fsp3) is 0.188. The van der Waals surface area contributed by atoms with Gasteiger partial charge in [-0.3, -0.25) is 14.9 Å². The van der Waals surface area contributed by atoms with Crippen LogP contribution < -0.4 is 10.0 Å². The zero-order chi connectivity index (χ0) is 19.3. The van der Waals surface area contributed by atoms with Crippen molar-refractivity contribution in [2.24, 2.45) is 0 Å². The SMILES string of the molecule is Cc1cccc(C(=O)NCCNS(=O)(=O)c2cccc([N+](=O)[O-])c2)c1I. The maximum Gasteiger partial charge on any atom is 0.270 e. The largest absolute Gasteiger partial charge is 0.351 e. The summed E-state index contributed by atoms with van der Waals surface area (Å²) in [5.41, 5.74) is 1.19. The van der Waals surface area contributed by atoms with Crippen LogP contribution in [0.1, 0.15) is 15.9 Å². The van der Waals surface area contributed by atoms with Gasteiger partial charge in [-0.1, -0.05) is 18.2 Å². The fourth-order valence-corrected chi connectivity index (χ4v) is 3.80. The third-order valence-electron chi connectivity index (χ3n) is 3.48. The normalized spacial score (nSPS) is 11.2. The van der Waals surface area contributed by atoms with Gasteiger partial charge in [-0.05, 0) is 47.2 Å². The minimum atomic E-state index is -3.90. The lowest BCUT2D eigenvalue weighted by atomic mass is 10.1. The summed E-state index contributed by atoms with van der Waals surface area (Å²) in [7, 11) is -3.90. The van der Waals surface area contributed by atoms with Crippen LogP contribution in [0.2, 0.25) is 0 Å². The molecule has 0 aliphatic carbocycles. The Balaban J connectivity index is 1.95. The molecule has 0 heterocycles. The number of amides is 1. The first-order valence-electron chi connectivity index (χ1n) is 7.50. The number of hydrogen-bond donors (Lipinski definition) is 2.